The Morgan fingerprint density at radius 3 is 2.63 bits per heavy atom. The summed E-state index contributed by atoms with van der Waals surface area (Å²) in [5.41, 5.74) is 2.48. The molecule has 0 unspecified atom stereocenters. The van der Waals surface area contributed by atoms with Crippen molar-refractivity contribution in [2.75, 3.05) is 13.7 Å². The molecule has 106 valence electrons. The Bertz CT molecular complexity index is 394. The minimum atomic E-state index is 0.300. The van der Waals surface area contributed by atoms with Gasteiger partial charge >= 0.3 is 0 Å². The van der Waals surface area contributed by atoms with Crippen molar-refractivity contribution in [3.8, 4) is 5.75 Å². The number of ether oxygens (including phenoxy) is 1. The SMILES string of the molecule is COc1ccc(C(C)C)cc1/C=C/CCCCCO. The molecule has 0 aromatic heterocycles. The third kappa shape index (κ3) is 5.48. The molecule has 2 heteroatoms. The highest BCUT2D eigenvalue weighted by molar-refractivity contribution is 5.58. The van der Waals surface area contributed by atoms with Crippen LogP contribution in [0.15, 0.2) is 24.3 Å². The number of methoxy groups -OCH3 is 1. The van der Waals surface area contributed by atoms with Gasteiger partial charge in [-0.15, -0.1) is 0 Å². The summed E-state index contributed by atoms with van der Waals surface area (Å²) in [4.78, 5) is 0. The van der Waals surface area contributed by atoms with Crippen LogP contribution in [0, 0.1) is 0 Å². The van der Waals surface area contributed by atoms with Crippen LogP contribution in [-0.4, -0.2) is 18.8 Å². The van der Waals surface area contributed by atoms with E-state index in [0.717, 1.165) is 37.0 Å². The third-order valence-corrected chi connectivity index (χ3v) is 3.25. The summed E-state index contributed by atoms with van der Waals surface area (Å²) in [6.07, 6.45) is 8.51. The summed E-state index contributed by atoms with van der Waals surface area (Å²) in [5, 5.41) is 8.72. The van der Waals surface area contributed by atoms with Crippen molar-refractivity contribution >= 4 is 6.08 Å². The highest BCUT2D eigenvalue weighted by Crippen LogP contribution is 2.25. The zero-order valence-electron chi connectivity index (χ0n) is 12.4. The highest BCUT2D eigenvalue weighted by Gasteiger charge is 2.04. The van der Waals surface area contributed by atoms with E-state index in [0.29, 0.717) is 12.5 Å². The monoisotopic (exact) mass is 262 g/mol. The van der Waals surface area contributed by atoms with Crippen LogP contribution in [0.2, 0.25) is 0 Å². The number of unbranched alkanes of at least 4 members (excludes halogenated alkanes) is 3. The van der Waals surface area contributed by atoms with E-state index in [-0.39, 0.29) is 0 Å². The molecule has 0 aliphatic rings. The fraction of sp³-hybridized carbons (Fsp3) is 0.529. The van der Waals surface area contributed by atoms with Crippen LogP contribution >= 0.6 is 0 Å². The zero-order chi connectivity index (χ0) is 14.1. The van der Waals surface area contributed by atoms with Crippen LogP contribution < -0.4 is 4.74 Å². The molecule has 1 N–H and O–H groups in total. The second-order valence-corrected chi connectivity index (χ2v) is 5.13. The Labute approximate surface area is 117 Å². The van der Waals surface area contributed by atoms with Gasteiger partial charge in [-0.25, -0.2) is 0 Å². The summed E-state index contributed by atoms with van der Waals surface area (Å²) in [6.45, 7) is 4.70. The molecular weight excluding hydrogens is 236 g/mol. The van der Waals surface area contributed by atoms with Crippen LogP contribution in [0.1, 0.15) is 56.6 Å². The standard InChI is InChI=1S/C17H26O2/c1-14(2)15-10-11-17(19-3)16(13-15)9-7-5-4-6-8-12-18/h7,9-11,13-14,18H,4-6,8,12H2,1-3H3/b9-7+. The zero-order valence-corrected chi connectivity index (χ0v) is 12.4. The first-order chi connectivity index (χ1) is 9.19. The molecule has 19 heavy (non-hydrogen) atoms. The third-order valence-electron chi connectivity index (χ3n) is 3.25. The number of aliphatic hydroxyl groups is 1. The average molecular weight is 262 g/mol. The normalized spacial score (nSPS) is 11.4. The maximum atomic E-state index is 8.72. The molecule has 0 bridgehead atoms. The molecule has 0 saturated heterocycles. The van der Waals surface area contributed by atoms with Crippen LogP contribution in [0.4, 0.5) is 0 Å². The maximum Gasteiger partial charge on any atom is 0.126 e. The number of hydrogen-bond donors (Lipinski definition) is 1. The predicted molar refractivity (Wildman–Crippen MR) is 81.7 cm³/mol. The average Bonchev–Trinajstić information content (AvgIpc) is 2.42. The first-order valence-electron chi connectivity index (χ1n) is 7.14. The first-order valence-corrected chi connectivity index (χ1v) is 7.14. The molecule has 0 amide bonds. The largest absolute Gasteiger partial charge is 0.496 e. The lowest BCUT2D eigenvalue weighted by Crippen LogP contribution is -1.92. The van der Waals surface area contributed by atoms with Gasteiger partial charge in [0.05, 0.1) is 7.11 Å². The van der Waals surface area contributed by atoms with Gasteiger partial charge in [-0.2, -0.15) is 0 Å². The van der Waals surface area contributed by atoms with E-state index in [1.165, 1.54) is 5.56 Å². The smallest absolute Gasteiger partial charge is 0.126 e. The minimum Gasteiger partial charge on any atom is -0.496 e. The molecule has 1 aromatic carbocycles. The predicted octanol–water partition coefficient (Wildman–Crippen LogP) is 4.38. The lowest BCUT2D eigenvalue weighted by molar-refractivity contribution is 0.283. The van der Waals surface area contributed by atoms with E-state index in [1.807, 2.05) is 6.07 Å². The van der Waals surface area contributed by atoms with Crippen LogP contribution in [-0.2, 0) is 0 Å². The summed E-state index contributed by atoms with van der Waals surface area (Å²) in [7, 11) is 1.71. The van der Waals surface area contributed by atoms with Crippen molar-refractivity contribution in [3.63, 3.8) is 0 Å². The summed E-state index contributed by atoms with van der Waals surface area (Å²) in [6, 6.07) is 6.37. The number of rotatable bonds is 8. The van der Waals surface area contributed by atoms with Crippen LogP contribution in [0.3, 0.4) is 0 Å². The van der Waals surface area contributed by atoms with Gasteiger partial charge in [0.1, 0.15) is 5.75 Å². The minimum absolute atomic E-state index is 0.300. The summed E-state index contributed by atoms with van der Waals surface area (Å²) in [5.74, 6) is 1.46. The molecule has 0 radical (unpaired) electrons. The molecule has 0 fully saturated rings. The molecule has 0 aliphatic heterocycles. The van der Waals surface area contributed by atoms with Crippen molar-refractivity contribution in [1.29, 1.82) is 0 Å². The molecule has 0 aliphatic carbocycles. The van der Waals surface area contributed by atoms with E-state index >= 15 is 0 Å². The fourth-order valence-corrected chi connectivity index (χ4v) is 2.00. The van der Waals surface area contributed by atoms with E-state index in [2.05, 4.69) is 38.1 Å². The number of allylic oxidation sites excluding steroid dienone is 1. The number of aliphatic hydroxyl groups excluding tert-OH is 1. The van der Waals surface area contributed by atoms with E-state index < -0.39 is 0 Å². The summed E-state index contributed by atoms with van der Waals surface area (Å²) >= 11 is 0. The molecule has 0 spiro atoms. The molecule has 1 aromatic rings. The highest BCUT2D eigenvalue weighted by atomic mass is 16.5. The molecule has 1 rings (SSSR count). The van der Waals surface area contributed by atoms with Crippen molar-refractivity contribution in [1.82, 2.24) is 0 Å². The van der Waals surface area contributed by atoms with Gasteiger partial charge in [-0.05, 0) is 42.9 Å². The Hall–Kier alpha value is -1.28. The Morgan fingerprint density at radius 2 is 2.00 bits per heavy atom. The van der Waals surface area contributed by atoms with Gasteiger partial charge in [-0.3, -0.25) is 0 Å². The Balaban J connectivity index is 2.64. The van der Waals surface area contributed by atoms with Crippen molar-refractivity contribution < 1.29 is 9.84 Å². The Kier molecular flexibility index (Phi) is 7.27. The molecular formula is C17H26O2. The molecule has 0 heterocycles. The lowest BCUT2D eigenvalue weighted by Gasteiger charge is -2.10. The van der Waals surface area contributed by atoms with Crippen LogP contribution in [0.5, 0.6) is 5.75 Å². The van der Waals surface area contributed by atoms with Crippen molar-refractivity contribution in [2.45, 2.75) is 45.4 Å². The van der Waals surface area contributed by atoms with Gasteiger partial charge in [0, 0.05) is 12.2 Å². The fourth-order valence-electron chi connectivity index (χ4n) is 2.00. The maximum absolute atomic E-state index is 8.72. The van der Waals surface area contributed by atoms with Gasteiger partial charge < -0.3 is 9.84 Å². The second kappa shape index (κ2) is 8.76. The van der Waals surface area contributed by atoms with E-state index in [9.17, 15) is 0 Å². The van der Waals surface area contributed by atoms with Gasteiger partial charge in [0.2, 0.25) is 0 Å². The lowest BCUT2D eigenvalue weighted by atomic mass is 10.00. The molecule has 2 nitrogen and oxygen atoms in total. The van der Waals surface area contributed by atoms with Gasteiger partial charge in [0.15, 0.2) is 0 Å². The second-order valence-electron chi connectivity index (χ2n) is 5.13. The number of benzene rings is 1. The van der Waals surface area contributed by atoms with Crippen molar-refractivity contribution in [3.05, 3.63) is 35.4 Å². The molecule has 0 atom stereocenters. The van der Waals surface area contributed by atoms with E-state index in [1.54, 1.807) is 7.11 Å². The number of hydrogen-bond acceptors (Lipinski definition) is 2. The van der Waals surface area contributed by atoms with E-state index in [4.69, 9.17) is 9.84 Å². The quantitative estimate of drug-likeness (QED) is 0.704. The van der Waals surface area contributed by atoms with Crippen molar-refractivity contribution in [2.24, 2.45) is 0 Å². The molecule has 0 saturated carbocycles. The topological polar surface area (TPSA) is 29.5 Å². The van der Waals surface area contributed by atoms with Gasteiger partial charge in [-0.1, -0.05) is 38.5 Å². The summed E-state index contributed by atoms with van der Waals surface area (Å²) < 4.78 is 5.39. The van der Waals surface area contributed by atoms with Gasteiger partial charge in [0.25, 0.3) is 0 Å². The Morgan fingerprint density at radius 1 is 1.21 bits per heavy atom. The first kappa shape index (κ1) is 15.8. The van der Waals surface area contributed by atoms with Crippen LogP contribution in [0.25, 0.3) is 6.08 Å².